The van der Waals surface area contributed by atoms with Crippen molar-refractivity contribution in [3.05, 3.63) is 83.6 Å². The van der Waals surface area contributed by atoms with Crippen LogP contribution in [0.1, 0.15) is 36.3 Å². The van der Waals surface area contributed by atoms with E-state index in [2.05, 4.69) is 44.0 Å². The maximum atomic E-state index is 13.7. The molecule has 2 aromatic heterocycles. The number of nitrogens with one attached hydrogen (secondary N) is 1. The van der Waals surface area contributed by atoms with Crippen molar-refractivity contribution in [1.29, 1.82) is 0 Å². The van der Waals surface area contributed by atoms with Crippen LogP contribution in [0, 0.1) is 5.82 Å². The molecule has 6 rings (SSSR count). The fraction of sp³-hybridized carbons (Fsp3) is 0.321. The van der Waals surface area contributed by atoms with Crippen molar-refractivity contribution in [2.24, 2.45) is 0 Å². The number of imidazole rings is 1. The highest BCUT2D eigenvalue weighted by Gasteiger charge is 2.32. The molecule has 6 nitrogen and oxygen atoms in total. The first kappa shape index (κ1) is 21.9. The molecule has 178 valence electrons. The number of hydrogen-bond donors (Lipinski definition) is 1. The van der Waals surface area contributed by atoms with Crippen molar-refractivity contribution in [3.8, 4) is 22.6 Å². The molecule has 0 spiro atoms. The van der Waals surface area contributed by atoms with Gasteiger partial charge in [-0.05, 0) is 61.2 Å². The van der Waals surface area contributed by atoms with E-state index in [1.807, 2.05) is 13.0 Å². The Bertz CT molecular complexity index is 1350. The van der Waals surface area contributed by atoms with Crippen LogP contribution in [0.2, 0.25) is 0 Å². The Balaban J connectivity index is 1.39. The van der Waals surface area contributed by atoms with Crippen LogP contribution in [0.5, 0.6) is 0 Å². The molecule has 0 bridgehead atoms. The van der Waals surface area contributed by atoms with Gasteiger partial charge in [0.25, 0.3) is 0 Å². The molecular weight excluding hydrogens is 439 g/mol. The number of nitrogens with zero attached hydrogens (tertiary/aromatic N) is 5. The van der Waals surface area contributed by atoms with Gasteiger partial charge in [0.2, 0.25) is 5.95 Å². The summed E-state index contributed by atoms with van der Waals surface area (Å²) in [5, 5.41) is 3.22. The molecule has 2 aliphatic rings. The number of benzene rings is 2. The molecule has 1 N–H and O–H groups in total. The van der Waals surface area contributed by atoms with Crippen molar-refractivity contribution >= 4 is 5.95 Å². The predicted octanol–water partition coefficient (Wildman–Crippen LogP) is 5.12. The fourth-order valence-corrected chi connectivity index (χ4v) is 5.44. The first-order valence-corrected chi connectivity index (χ1v) is 12.4. The number of aryl methyl sites for hydroxylation is 1. The zero-order valence-corrected chi connectivity index (χ0v) is 19.9. The predicted molar refractivity (Wildman–Crippen MR) is 136 cm³/mol. The smallest absolute Gasteiger partial charge is 0.223 e. The topological polar surface area (TPSA) is 58.9 Å². The minimum atomic E-state index is -0.248. The molecule has 0 amide bonds. The molecule has 4 aromatic rings. The van der Waals surface area contributed by atoms with E-state index in [9.17, 15) is 4.39 Å². The maximum Gasteiger partial charge on any atom is 0.223 e. The first-order chi connectivity index (χ1) is 17.2. The third-order valence-corrected chi connectivity index (χ3v) is 7.08. The van der Waals surface area contributed by atoms with Crippen molar-refractivity contribution in [1.82, 2.24) is 24.4 Å². The van der Waals surface area contributed by atoms with Gasteiger partial charge in [-0.25, -0.2) is 19.3 Å². The molecule has 1 atom stereocenters. The van der Waals surface area contributed by atoms with Gasteiger partial charge in [-0.3, -0.25) is 4.90 Å². The van der Waals surface area contributed by atoms with Crippen LogP contribution in [-0.2, 0) is 19.4 Å². The molecule has 0 fully saturated rings. The van der Waals surface area contributed by atoms with Gasteiger partial charge in [-0.2, -0.15) is 0 Å². The summed E-state index contributed by atoms with van der Waals surface area (Å²) in [6.45, 7) is 5.80. The molecule has 35 heavy (non-hydrogen) atoms. The molecule has 0 saturated carbocycles. The van der Waals surface area contributed by atoms with Gasteiger partial charge in [0.05, 0.1) is 17.1 Å². The third-order valence-electron chi connectivity index (χ3n) is 7.08. The number of fused-ring (bicyclic) bond motifs is 2. The minimum Gasteiger partial charge on any atom is -0.354 e. The molecule has 4 heterocycles. The molecule has 0 saturated heterocycles. The van der Waals surface area contributed by atoms with Crippen LogP contribution in [-0.4, -0.2) is 44.1 Å². The maximum absolute atomic E-state index is 13.7. The van der Waals surface area contributed by atoms with Gasteiger partial charge in [-0.15, -0.1) is 0 Å². The Kier molecular flexibility index (Phi) is 5.78. The highest BCUT2D eigenvalue weighted by Crippen LogP contribution is 2.40. The second-order valence-electron chi connectivity index (χ2n) is 9.34. The van der Waals surface area contributed by atoms with Crippen LogP contribution in [0.15, 0.2) is 60.8 Å². The second kappa shape index (κ2) is 9.23. The summed E-state index contributed by atoms with van der Waals surface area (Å²) in [5.74, 6) is 1.43. The average Bonchev–Trinajstić information content (AvgIpc) is 3.45. The summed E-state index contributed by atoms with van der Waals surface area (Å²) in [6, 6.07) is 17.6. The summed E-state index contributed by atoms with van der Waals surface area (Å²) in [6.07, 6.45) is 4.86. The lowest BCUT2D eigenvalue weighted by molar-refractivity contribution is 0.218. The summed E-state index contributed by atoms with van der Waals surface area (Å²) < 4.78 is 16.1. The molecule has 0 unspecified atom stereocenters. The number of halogens is 1. The van der Waals surface area contributed by atoms with E-state index in [-0.39, 0.29) is 5.82 Å². The zero-order chi connectivity index (χ0) is 23.8. The number of anilines is 1. The van der Waals surface area contributed by atoms with E-state index in [0.717, 1.165) is 73.9 Å². The lowest BCUT2D eigenvalue weighted by Gasteiger charge is -2.31. The Hall–Kier alpha value is -3.58. The van der Waals surface area contributed by atoms with Gasteiger partial charge in [0, 0.05) is 50.4 Å². The SMILES string of the molecule is CCNc1nccc(-c2c(-c3ccc(F)cc3)nc3n2[C@H](CN2CCc4ccccc4C2)CC3)n1. The van der Waals surface area contributed by atoms with Crippen molar-refractivity contribution < 1.29 is 4.39 Å². The van der Waals surface area contributed by atoms with Gasteiger partial charge in [-0.1, -0.05) is 24.3 Å². The summed E-state index contributed by atoms with van der Waals surface area (Å²) in [4.78, 5) is 16.8. The van der Waals surface area contributed by atoms with E-state index in [0.29, 0.717) is 12.0 Å². The Morgan fingerprint density at radius 3 is 2.66 bits per heavy atom. The Labute approximate surface area is 204 Å². The Morgan fingerprint density at radius 1 is 1.00 bits per heavy atom. The first-order valence-electron chi connectivity index (χ1n) is 12.4. The molecule has 0 aliphatic carbocycles. The normalized spacial score (nSPS) is 17.3. The van der Waals surface area contributed by atoms with Gasteiger partial charge >= 0.3 is 0 Å². The largest absolute Gasteiger partial charge is 0.354 e. The lowest BCUT2D eigenvalue weighted by Crippen LogP contribution is -2.34. The van der Waals surface area contributed by atoms with Crippen molar-refractivity contribution in [3.63, 3.8) is 0 Å². The van der Waals surface area contributed by atoms with Crippen molar-refractivity contribution in [2.75, 3.05) is 25.0 Å². The van der Waals surface area contributed by atoms with Gasteiger partial charge < -0.3 is 9.88 Å². The molecule has 2 aliphatic heterocycles. The van der Waals surface area contributed by atoms with E-state index < -0.39 is 0 Å². The summed E-state index contributed by atoms with van der Waals surface area (Å²) in [5.41, 5.74) is 6.49. The Morgan fingerprint density at radius 2 is 1.83 bits per heavy atom. The summed E-state index contributed by atoms with van der Waals surface area (Å²) in [7, 11) is 0. The average molecular weight is 469 g/mol. The second-order valence-corrected chi connectivity index (χ2v) is 9.34. The highest BCUT2D eigenvalue weighted by atomic mass is 19.1. The molecular formula is C28H29FN6. The zero-order valence-electron chi connectivity index (χ0n) is 19.9. The van der Waals surface area contributed by atoms with Gasteiger partial charge in [0.1, 0.15) is 11.6 Å². The van der Waals surface area contributed by atoms with Crippen molar-refractivity contribution in [2.45, 2.75) is 38.8 Å². The van der Waals surface area contributed by atoms with Crippen LogP contribution in [0.3, 0.4) is 0 Å². The molecule has 2 aromatic carbocycles. The standard InChI is InChI=1S/C28H29FN6/c1-2-30-28-31-15-13-24(32-28)27-26(20-7-9-22(29)10-8-20)33-25-12-11-23(35(25)27)18-34-16-14-19-5-3-4-6-21(19)17-34/h3-10,13,15,23H,2,11-12,14,16-18H2,1H3,(H,30,31,32)/t23-/m0/s1. The van der Waals surface area contributed by atoms with E-state index in [1.165, 1.54) is 23.3 Å². The fourth-order valence-electron chi connectivity index (χ4n) is 5.44. The lowest BCUT2D eigenvalue weighted by atomic mass is 9.99. The van der Waals surface area contributed by atoms with Crippen LogP contribution in [0.25, 0.3) is 22.6 Å². The quantitative estimate of drug-likeness (QED) is 0.425. The van der Waals surface area contributed by atoms with E-state index in [4.69, 9.17) is 9.97 Å². The van der Waals surface area contributed by atoms with Crippen LogP contribution >= 0.6 is 0 Å². The van der Waals surface area contributed by atoms with E-state index >= 15 is 0 Å². The van der Waals surface area contributed by atoms with Gasteiger partial charge in [0.15, 0.2) is 0 Å². The van der Waals surface area contributed by atoms with E-state index in [1.54, 1.807) is 18.3 Å². The van der Waals surface area contributed by atoms with Crippen LogP contribution in [0.4, 0.5) is 10.3 Å². The number of rotatable bonds is 6. The van der Waals surface area contributed by atoms with Crippen LogP contribution < -0.4 is 5.32 Å². The minimum absolute atomic E-state index is 0.248. The monoisotopic (exact) mass is 468 g/mol. The molecule has 0 radical (unpaired) electrons. The molecule has 7 heteroatoms. The number of aromatic nitrogens is 4. The summed E-state index contributed by atoms with van der Waals surface area (Å²) >= 11 is 0. The highest BCUT2D eigenvalue weighted by molar-refractivity contribution is 5.78. The number of hydrogen-bond acceptors (Lipinski definition) is 5. The third kappa shape index (κ3) is 4.21.